The molecule has 0 saturated carbocycles. The largest absolute Gasteiger partial charge is 0.420 e. The maximum atomic E-state index is 11.4. The summed E-state index contributed by atoms with van der Waals surface area (Å²) in [6.45, 7) is 0. The predicted molar refractivity (Wildman–Crippen MR) is 75.4 cm³/mol. The summed E-state index contributed by atoms with van der Waals surface area (Å²) in [5.41, 5.74) is 6.60. The molecule has 100 valence electrons. The van der Waals surface area contributed by atoms with Gasteiger partial charge < -0.3 is 10.2 Å². The minimum atomic E-state index is -0.460. The molecule has 0 radical (unpaired) electrons. The number of rotatable bonds is 4. The number of hydrogen-bond donors (Lipinski definition) is 1. The van der Waals surface area contributed by atoms with Crippen LogP contribution in [-0.4, -0.2) is 16.1 Å². The molecule has 3 aromatic rings. The Morgan fingerprint density at radius 2 is 2.05 bits per heavy atom. The van der Waals surface area contributed by atoms with Crippen LogP contribution in [0.4, 0.5) is 0 Å². The number of benzene rings is 1. The van der Waals surface area contributed by atoms with Gasteiger partial charge in [-0.3, -0.25) is 4.79 Å². The molecule has 6 heteroatoms. The van der Waals surface area contributed by atoms with Crippen LogP contribution in [0.25, 0.3) is 10.8 Å². The zero-order chi connectivity index (χ0) is 13.9. The standard InChI is InChI=1S/C14H11N3O2S/c15-13(18)10-5-2-1-4-9(10)8-12-16-17-14(19-12)11-6-3-7-20-11/h1-7H,8H2,(H2,15,18). The van der Waals surface area contributed by atoms with Crippen molar-refractivity contribution in [2.24, 2.45) is 5.73 Å². The quantitative estimate of drug-likeness (QED) is 0.798. The van der Waals surface area contributed by atoms with E-state index in [9.17, 15) is 4.79 Å². The van der Waals surface area contributed by atoms with Gasteiger partial charge in [-0.25, -0.2) is 0 Å². The molecule has 0 unspecified atom stereocenters. The molecule has 1 aromatic carbocycles. The van der Waals surface area contributed by atoms with E-state index < -0.39 is 5.91 Å². The third kappa shape index (κ3) is 2.46. The van der Waals surface area contributed by atoms with Crippen LogP contribution in [-0.2, 0) is 6.42 Å². The number of amides is 1. The fourth-order valence-electron chi connectivity index (χ4n) is 1.90. The Morgan fingerprint density at radius 3 is 2.80 bits per heavy atom. The second kappa shape index (κ2) is 5.26. The lowest BCUT2D eigenvalue weighted by Gasteiger charge is -2.02. The van der Waals surface area contributed by atoms with Crippen molar-refractivity contribution in [3.63, 3.8) is 0 Å². The van der Waals surface area contributed by atoms with Gasteiger partial charge in [0.15, 0.2) is 0 Å². The summed E-state index contributed by atoms with van der Waals surface area (Å²) < 4.78 is 5.60. The molecule has 0 aliphatic rings. The molecule has 0 atom stereocenters. The zero-order valence-electron chi connectivity index (χ0n) is 10.4. The predicted octanol–water partition coefficient (Wildman–Crippen LogP) is 2.49. The summed E-state index contributed by atoms with van der Waals surface area (Å²) in [6.07, 6.45) is 0.386. The normalized spacial score (nSPS) is 10.6. The smallest absolute Gasteiger partial charge is 0.257 e. The molecule has 0 bridgehead atoms. The minimum Gasteiger partial charge on any atom is -0.420 e. The van der Waals surface area contributed by atoms with Crippen molar-refractivity contribution in [2.45, 2.75) is 6.42 Å². The number of nitrogens with two attached hydrogens (primary N) is 1. The second-order valence-corrected chi connectivity index (χ2v) is 5.12. The Hall–Kier alpha value is -2.47. The molecule has 20 heavy (non-hydrogen) atoms. The molecule has 0 aliphatic carbocycles. The van der Waals surface area contributed by atoms with Gasteiger partial charge in [0.2, 0.25) is 11.8 Å². The number of carbonyl (C=O) groups excluding carboxylic acids is 1. The molecule has 2 heterocycles. The van der Waals surface area contributed by atoms with Crippen LogP contribution in [0.3, 0.4) is 0 Å². The molecule has 1 amide bonds. The molecule has 2 aromatic heterocycles. The first-order chi connectivity index (χ1) is 9.74. The average Bonchev–Trinajstić information content (AvgIpc) is 3.09. The van der Waals surface area contributed by atoms with E-state index in [-0.39, 0.29) is 0 Å². The van der Waals surface area contributed by atoms with Gasteiger partial charge in [-0.2, -0.15) is 0 Å². The van der Waals surface area contributed by atoms with E-state index in [0.29, 0.717) is 23.8 Å². The topological polar surface area (TPSA) is 82.0 Å². The van der Waals surface area contributed by atoms with Crippen molar-refractivity contribution >= 4 is 17.2 Å². The lowest BCUT2D eigenvalue weighted by atomic mass is 10.0. The zero-order valence-corrected chi connectivity index (χ0v) is 11.3. The van der Waals surface area contributed by atoms with Gasteiger partial charge in [0, 0.05) is 5.56 Å². The van der Waals surface area contributed by atoms with Crippen molar-refractivity contribution in [3.05, 3.63) is 58.8 Å². The van der Waals surface area contributed by atoms with E-state index in [2.05, 4.69) is 10.2 Å². The van der Waals surface area contributed by atoms with Crippen molar-refractivity contribution in [1.29, 1.82) is 0 Å². The summed E-state index contributed by atoms with van der Waals surface area (Å²) in [4.78, 5) is 12.3. The van der Waals surface area contributed by atoms with Crippen molar-refractivity contribution in [1.82, 2.24) is 10.2 Å². The molecule has 0 aliphatic heterocycles. The number of carbonyl (C=O) groups is 1. The van der Waals surface area contributed by atoms with Crippen molar-refractivity contribution in [2.75, 3.05) is 0 Å². The van der Waals surface area contributed by atoms with Crippen LogP contribution in [0.2, 0.25) is 0 Å². The molecular formula is C14H11N3O2S. The van der Waals surface area contributed by atoms with E-state index in [1.807, 2.05) is 29.6 Å². The summed E-state index contributed by atoms with van der Waals surface area (Å²) in [6, 6.07) is 11.0. The van der Waals surface area contributed by atoms with E-state index in [1.165, 1.54) is 11.3 Å². The molecule has 0 fully saturated rings. The number of nitrogens with zero attached hydrogens (tertiary/aromatic N) is 2. The van der Waals surface area contributed by atoms with E-state index in [1.54, 1.807) is 12.1 Å². The Labute approximate surface area is 119 Å². The fourth-order valence-corrected chi connectivity index (χ4v) is 2.55. The van der Waals surface area contributed by atoms with Crippen molar-refractivity contribution < 1.29 is 9.21 Å². The van der Waals surface area contributed by atoms with Crippen LogP contribution < -0.4 is 5.73 Å². The highest BCUT2D eigenvalue weighted by Gasteiger charge is 2.13. The molecule has 3 rings (SSSR count). The fraction of sp³-hybridized carbons (Fsp3) is 0.0714. The third-order valence-corrected chi connectivity index (χ3v) is 3.68. The molecule has 0 spiro atoms. The summed E-state index contributed by atoms with van der Waals surface area (Å²) in [5.74, 6) is 0.493. The summed E-state index contributed by atoms with van der Waals surface area (Å²) in [5, 5.41) is 9.96. The van der Waals surface area contributed by atoms with E-state index in [4.69, 9.17) is 10.2 Å². The van der Waals surface area contributed by atoms with Gasteiger partial charge >= 0.3 is 0 Å². The van der Waals surface area contributed by atoms with Crippen LogP contribution >= 0.6 is 11.3 Å². The second-order valence-electron chi connectivity index (χ2n) is 4.18. The Morgan fingerprint density at radius 1 is 1.20 bits per heavy atom. The first kappa shape index (κ1) is 12.6. The Bertz CT molecular complexity index is 734. The van der Waals surface area contributed by atoms with Gasteiger partial charge in [-0.05, 0) is 23.1 Å². The van der Waals surface area contributed by atoms with Gasteiger partial charge in [0.1, 0.15) is 0 Å². The van der Waals surface area contributed by atoms with Crippen LogP contribution in [0.1, 0.15) is 21.8 Å². The van der Waals surface area contributed by atoms with Crippen LogP contribution in [0.5, 0.6) is 0 Å². The van der Waals surface area contributed by atoms with Gasteiger partial charge in [-0.1, -0.05) is 24.3 Å². The van der Waals surface area contributed by atoms with Gasteiger partial charge in [0.05, 0.1) is 11.3 Å². The number of primary amides is 1. The molecule has 0 saturated heterocycles. The number of hydrogen-bond acceptors (Lipinski definition) is 5. The molecule has 5 nitrogen and oxygen atoms in total. The first-order valence-electron chi connectivity index (χ1n) is 5.98. The lowest BCUT2D eigenvalue weighted by molar-refractivity contribution is 0.0999. The highest BCUT2D eigenvalue weighted by atomic mass is 32.1. The molecular weight excluding hydrogens is 274 g/mol. The highest BCUT2D eigenvalue weighted by Crippen LogP contribution is 2.24. The number of aromatic nitrogens is 2. The van der Waals surface area contributed by atoms with E-state index in [0.717, 1.165) is 10.4 Å². The summed E-state index contributed by atoms with van der Waals surface area (Å²) in [7, 11) is 0. The monoisotopic (exact) mass is 285 g/mol. The van der Waals surface area contributed by atoms with Crippen LogP contribution in [0, 0.1) is 0 Å². The van der Waals surface area contributed by atoms with Gasteiger partial charge in [0.25, 0.3) is 5.89 Å². The third-order valence-electron chi connectivity index (χ3n) is 2.82. The maximum absolute atomic E-state index is 11.4. The SMILES string of the molecule is NC(=O)c1ccccc1Cc1nnc(-c2cccs2)o1. The summed E-state index contributed by atoms with van der Waals surface area (Å²) >= 11 is 1.53. The lowest BCUT2D eigenvalue weighted by Crippen LogP contribution is -2.13. The molecule has 2 N–H and O–H groups in total. The van der Waals surface area contributed by atoms with Crippen LogP contribution in [0.15, 0.2) is 46.2 Å². The van der Waals surface area contributed by atoms with E-state index >= 15 is 0 Å². The van der Waals surface area contributed by atoms with Crippen molar-refractivity contribution in [3.8, 4) is 10.8 Å². The van der Waals surface area contributed by atoms with Gasteiger partial charge in [-0.15, -0.1) is 21.5 Å². The first-order valence-corrected chi connectivity index (χ1v) is 6.86. The Balaban J connectivity index is 1.87. The Kier molecular flexibility index (Phi) is 3.30. The minimum absolute atomic E-state index is 0.386. The maximum Gasteiger partial charge on any atom is 0.257 e. The average molecular weight is 285 g/mol. The number of thiophene rings is 1. The highest BCUT2D eigenvalue weighted by molar-refractivity contribution is 7.13.